The van der Waals surface area contributed by atoms with Crippen LogP contribution in [0.5, 0.6) is 0 Å². The van der Waals surface area contributed by atoms with E-state index >= 15 is 0 Å². The van der Waals surface area contributed by atoms with Crippen molar-refractivity contribution in [1.82, 2.24) is 20.1 Å². The molecule has 0 radical (unpaired) electrons. The van der Waals surface area contributed by atoms with E-state index in [0.717, 1.165) is 11.6 Å². The first-order chi connectivity index (χ1) is 23.6. The van der Waals surface area contributed by atoms with Gasteiger partial charge in [-0.05, 0) is 48.2 Å². The average molecular weight is 695 g/mol. The molecule has 3 aliphatic heterocycles. The third-order valence-electron chi connectivity index (χ3n) is 9.20. The van der Waals surface area contributed by atoms with E-state index < -0.39 is 29.6 Å². The molecule has 2 N–H and O–H groups in total. The molecule has 2 fully saturated rings. The zero-order chi connectivity index (χ0) is 34.8. The maximum atomic E-state index is 14.9. The van der Waals surface area contributed by atoms with Gasteiger partial charge >= 0.3 is 18.0 Å². The number of fused-ring (bicyclic) bond motifs is 1. The minimum atomic E-state index is -1.02. The van der Waals surface area contributed by atoms with Crippen LogP contribution in [0.2, 0.25) is 0 Å². The summed E-state index contributed by atoms with van der Waals surface area (Å²) in [6, 6.07) is 8.10. The fourth-order valence-corrected chi connectivity index (χ4v) is 7.29. The van der Waals surface area contributed by atoms with Crippen molar-refractivity contribution in [2.75, 3.05) is 51.9 Å². The SMILES string of the molecule is COC[C@@H]1[C@H]2CN(c3ccc(CCC(=O)O)cc3)C(=O)N2CCN1CC1=C(C(=O)OC)C(c2ccc(F)c(F)c2C)N=C(c2nccs2)N1. The molecule has 15 heteroatoms. The van der Waals surface area contributed by atoms with Crippen LogP contribution < -0.4 is 10.2 Å². The number of amidine groups is 1. The number of amides is 2. The number of aliphatic imine (C=N–C) groups is 1. The third-order valence-corrected chi connectivity index (χ3v) is 9.98. The number of hydrogen-bond donors (Lipinski definition) is 2. The number of halogens is 2. The molecule has 6 rings (SSSR count). The van der Waals surface area contributed by atoms with E-state index in [4.69, 9.17) is 19.6 Å². The van der Waals surface area contributed by atoms with E-state index in [1.54, 1.807) is 23.6 Å². The zero-order valence-corrected chi connectivity index (χ0v) is 28.0. The molecule has 3 aromatic rings. The predicted molar refractivity (Wildman–Crippen MR) is 178 cm³/mol. The summed E-state index contributed by atoms with van der Waals surface area (Å²) >= 11 is 1.34. The fraction of sp³-hybridized carbons (Fsp3) is 0.382. The first-order valence-electron chi connectivity index (χ1n) is 15.7. The molecule has 1 unspecified atom stereocenters. The second-order valence-corrected chi connectivity index (χ2v) is 12.9. The molecule has 3 aliphatic rings. The van der Waals surface area contributed by atoms with Gasteiger partial charge in [0.2, 0.25) is 0 Å². The summed E-state index contributed by atoms with van der Waals surface area (Å²) in [4.78, 5) is 53.0. The highest BCUT2D eigenvalue weighted by atomic mass is 32.1. The highest BCUT2D eigenvalue weighted by molar-refractivity contribution is 7.11. The number of rotatable bonds is 11. The van der Waals surface area contributed by atoms with Crippen LogP contribution in [0.1, 0.15) is 34.2 Å². The number of aromatic nitrogens is 1. The topological polar surface area (TPSA) is 137 Å². The van der Waals surface area contributed by atoms with Crippen LogP contribution in [0.3, 0.4) is 0 Å². The van der Waals surface area contributed by atoms with Gasteiger partial charge in [0.15, 0.2) is 22.5 Å². The molecule has 3 atom stereocenters. The van der Waals surface area contributed by atoms with Gasteiger partial charge in [0, 0.05) is 62.7 Å². The molecule has 1 aromatic heterocycles. The van der Waals surface area contributed by atoms with Gasteiger partial charge in [-0.2, -0.15) is 0 Å². The lowest BCUT2D eigenvalue weighted by Crippen LogP contribution is -2.61. The number of carboxylic acid groups (broad SMARTS) is 1. The number of carboxylic acids is 1. The standard InChI is InChI=1S/C34H36F2N6O6S/c1-19-22(9-10-23(35)29(19)36)30-28(33(45)48-3)24(38-31(39-30)32-37-12-15-49-32)16-40-13-14-41-25(26(40)18-47-2)17-42(34(41)46)21-7-4-20(5-8-21)6-11-27(43)44/h4-5,7-10,12,15,25-26,30H,6,11,13-14,16-18H2,1-3H3,(H,38,39)(H,43,44)/t25-,26-,30?/m1/s1. The van der Waals surface area contributed by atoms with Crippen LogP contribution in [0.4, 0.5) is 19.3 Å². The maximum absolute atomic E-state index is 14.9. The Bertz CT molecular complexity index is 1800. The van der Waals surface area contributed by atoms with E-state index in [1.165, 1.54) is 31.4 Å². The van der Waals surface area contributed by atoms with Crippen LogP contribution in [0.15, 0.2) is 64.2 Å². The van der Waals surface area contributed by atoms with Gasteiger partial charge in [-0.3, -0.25) is 19.6 Å². The summed E-state index contributed by atoms with van der Waals surface area (Å²) in [7, 11) is 2.85. The van der Waals surface area contributed by atoms with Gasteiger partial charge in [-0.1, -0.05) is 18.2 Å². The number of aliphatic carboxylic acids is 1. The molecule has 4 heterocycles. The van der Waals surface area contributed by atoms with Crippen molar-refractivity contribution in [2.45, 2.75) is 37.9 Å². The van der Waals surface area contributed by atoms with Crippen molar-refractivity contribution in [3.8, 4) is 0 Å². The number of benzene rings is 2. The first-order valence-corrected chi connectivity index (χ1v) is 16.6. The number of carbonyl (C=O) groups excluding carboxylic acids is 2. The molecule has 2 amide bonds. The van der Waals surface area contributed by atoms with Crippen LogP contribution in [-0.4, -0.2) is 103 Å². The average Bonchev–Trinajstić information content (AvgIpc) is 3.76. The Labute approximate surface area is 285 Å². The molecule has 2 saturated heterocycles. The van der Waals surface area contributed by atoms with Crippen LogP contribution >= 0.6 is 11.3 Å². The number of thiazole rings is 1. The van der Waals surface area contributed by atoms with E-state index in [-0.39, 0.29) is 48.8 Å². The summed E-state index contributed by atoms with van der Waals surface area (Å²) in [5.74, 6) is -3.19. The summed E-state index contributed by atoms with van der Waals surface area (Å²) < 4.78 is 39.9. The van der Waals surface area contributed by atoms with E-state index in [0.29, 0.717) is 53.8 Å². The molecule has 2 aromatic carbocycles. The van der Waals surface area contributed by atoms with Gasteiger partial charge in [0.25, 0.3) is 0 Å². The number of piperazine rings is 1. The Morgan fingerprint density at radius 3 is 2.57 bits per heavy atom. The number of anilines is 1. The lowest BCUT2D eigenvalue weighted by Gasteiger charge is -2.44. The van der Waals surface area contributed by atoms with E-state index in [2.05, 4.69) is 15.2 Å². The Hall–Kier alpha value is -4.73. The van der Waals surface area contributed by atoms with Crippen molar-refractivity contribution in [1.29, 1.82) is 0 Å². The predicted octanol–water partition coefficient (Wildman–Crippen LogP) is 3.91. The molecule has 0 bridgehead atoms. The molecular formula is C34H36F2N6O6S. The number of esters is 1. The maximum Gasteiger partial charge on any atom is 0.338 e. The monoisotopic (exact) mass is 694 g/mol. The number of ether oxygens (including phenoxy) is 2. The number of carbonyl (C=O) groups is 3. The largest absolute Gasteiger partial charge is 0.481 e. The summed E-state index contributed by atoms with van der Waals surface area (Å²) in [6.45, 7) is 3.20. The van der Waals surface area contributed by atoms with Gasteiger partial charge < -0.3 is 24.8 Å². The fourth-order valence-electron chi connectivity index (χ4n) is 6.70. The first kappa shape index (κ1) is 34.1. The smallest absolute Gasteiger partial charge is 0.338 e. The Morgan fingerprint density at radius 2 is 1.90 bits per heavy atom. The Morgan fingerprint density at radius 1 is 1.12 bits per heavy atom. The van der Waals surface area contributed by atoms with E-state index in [9.17, 15) is 23.2 Å². The van der Waals surface area contributed by atoms with Crippen molar-refractivity contribution < 1.29 is 37.7 Å². The number of urea groups is 1. The van der Waals surface area contributed by atoms with Gasteiger partial charge in [-0.25, -0.2) is 23.4 Å². The zero-order valence-electron chi connectivity index (χ0n) is 27.2. The molecule has 49 heavy (non-hydrogen) atoms. The second kappa shape index (κ2) is 14.4. The minimum Gasteiger partial charge on any atom is -0.481 e. The van der Waals surface area contributed by atoms with Crippen LogP contribution in [-0.2, 0) is 25.5 Å². The highest BCUT2D eigenvalue weighted by Gasteiger charge is 2.47. The summed E-state index contributed by atoms with van der Waals surface area (Å²) in [5.41, 5.74) is 2.54. The third kappa shape index (κ3) is 6.78. The van der Waals surface area contributed by atoms with Crippen molar-refractivity contribution in [3.05, 3.63) is 92.6 Å². The van der Waals surface area contributed by atoms with Gasteiger partial charge in [0.1, 0.15) is 6.04 Å². The molecular weight excluding hydrogens is 658 g/mol. The minimum absolute atomic E-state index is 0.0215. The van der Waals surface area contributed by atoms with Crippen molar-refractivity contribution in [3.63, 3.8) is 0 Å². The lowest BCUT2D eigenvalue weighted by atomic mass is 9.91. The summed E-state index contributed by atoms with van der Waals surface area (Å²) in [6.07, 6.45) is 2.04. The van der Waals surface area contributed by atoms with Crippen LogP contribution in [0.25, 0.3) is 0 Å². The Balaban J connectivity index is 1.32. The second-order valence-electron chi connectivity index (χ2n) is 12.0. The normalized spacial score (nSPS) is 21.0. The number of nitrogens with one attached hydrogen (secondary N) is 1. The number of aryl methyl sites for hydroxylation is 1. The summed E-state index contributed by atoms with van der Waals surface area (Å²) in [5, 5.41) is 14.7. The molecule has 0 aliphatic carbocycles. The van der Waals surface area contributed by atoms with E-state index in [1.807, 2.05) is 29.2 Å². The number of hydrogen-bond acceptors (Lipinski definition) is 10. The Kier molecular flexibility index (Phi) is 10.0. The molecule has 0 saturated carbocycles. The molecule has 0 spiro atoms. The van der Waals surface area contributed by atoms with Gasteiger partial charge in [-0.15, -0.1) is 11.3 Å². The number of methoxy groups -OCH3 is 2. The van der Waals surface area contributed by atoms with Crippen molar-refractivity contribution >= 4 is 40.8 Å². The number of nitrogens with zero attached hydrogens (tertiary/aromatic N) is 5. The quantitative estimate of drug-likeness (QED) is 0.287. The van der Waals surface area contributed by atoms with Gasteiger partial charge in [0.05, 0.1) is 31.4 Å². The lowest BCUT2D eigenvalue weighted by molar-refractivity contribution is -0.137. The molecule has 12 nitrogen and oxygen atoms in total. The molecule has 258 valence electrons. The highest BCUT2D eigenvalue weighted by Crippen LogP contribution is 2.37. The van der Waals surface area contributed by atoms with Crippen molar-refractivity contribution in [2.24, 2.45) is 4.99 Å². The van der Waals surface area contributed by atoms with Crippen LogP contribution in [0, 0.1) is 18.6 Å².